The van der Waals surface area contributed by atoms with E-state index in [2.05, 4.69) is 0 Å². The first-order chi connectivity index (χ1) is 10.9. The van der Waals surface area contributed by atoms with Crippen LogP contribution in [0.2, 0.25) is 0 Å². The Balaban J connectivity index is 2.32. The average molecular weight is 338 g/mol. The maximum Gasteiger partial charge on any atom is 0.246 e. The summed E-state index contributed by atoms with van der Waals surface area (Å²) in [5.41, 5.74) is 0.546. The van der Waals surface area contributed by atoms with Crippen molar-refractivity contribution in [3.8, 4) is 0 Å². The molecule has 0 N–H and O–H groups in total. The number of rotatable bonds is 5. The Hall–Kier alpha value is -1.56. The van der Waals surface area contributed by atoms with Crippen LogP contribution in [0.3, 0.4) is 0 Å². The Morgan fingerprint density at radius 3 is 2.17 bits per heavy atom. The Morgan fingerprint density at radius 1 is 1.13 bits per heavy atom. The maximum absolute atomic E-state index is 13.0. The topological polar surface area (TPSA) is 57.7 Å². The van der Waals surface area contributed by atoms with E-state index in [1.807, 2.05) is 17.9 Å². The molecule has 1 aromatic carbocycles. The van der Waals surface area contributed by atoms with Crippen LogP contribution in [0.25, 0.3) is 0 Å². The van der Waals surface area contributed by atoms with Gasteiger partial charge in [-0.3, -0.25) is 9.10 Å². The van der Waals surface area contributed by atoms with Gasteiger partial charge in [0, 0.05) is 13.1 Å². The van der Waals surface area contributed by atoms with Gasteiger partial charge in [0.05, 0.1) is 11.9 Å². The minimum Gasteiger partial charge on any atom is -0.341 e. The highest BCUT2D eigenvalue weighted by molar-refractivity contribution is 7.92. The molecule has 1 aromatic rings. The lowest BCUT2D eigenvalue weighted by atomic mass is 10.1. The van der Waals surface area contributed by atoms with Gasteiger partial charge in [0.15, 0.2) is 0 Å². The molecule has 1 unspecified atom stereocenters. The van der Waals surface area contributed by atoms with Crippen LogP contribution in [-0.4, -0.2) is 44.6 Å². The molecule has 1 amide bonds. The molecule has 0 aliphatic carbocycles. The lowest BCUT2D eigenvalue weighted by Gasteiger charge is -2.33. The number of sulfonamides is 1. The predicted octanol–water partition coefficient (Wildman–Crippen LogP) is 2.63. The third kappa shape index (κ3) is 4.47. The molecular weight excluding hydrogens is 312 g/mol. The van der Waals surface area contributed by atoms with Crippen LogP contribution in [-0.2, 0) is 14.8 Å². The van der Waals surface area contributed by atoms with E-state index in [0.29, 0.717) is 12.1 Å². The van der Waals surface area contributed by atoms with Crippen LogP contribution in [0.15, 0.2) is 30.3 Å². The van der Waals surface area contributed by atoms with E-state index >= 15 is 0 Å². The Kier molecular flexibility index (Phi) is 6.04. The number of nitrogens with zero attached hydrogens (tertiary/aromatic N) is 2. The number of carbonyl (C=O) groups excluding carboxylic acids is 1. The van der Waals surface area contributed by atoms with Crippen molar-refractivity contribution >= 4 is 21.6 Å². The number of benzene rings is 1. The highest BCUT2D eigenvalue weighted by Gasteiger charge is 2.34. The van der Waals surface area contributed by atoms with Crippen molar-refractivity contribution in [2.45, 2.75) is 45.1 Å². The summed E-state index contributed by atoms with van der Waals surface area (Å²) in [7, 11) is -3.54. The normalized spacial score (nSPS) is 17.4. The van der Waals surface area contributed by atoms with Gasteiger partial charge >= 0.3 is 0 Å². The second-order valence-corrected chi connectivity index (χ2v) is 7.92. The average Bonchev–Trinajstić information content (AvgIpc) is 2.80. The summed E-state index contributed by atoms with van der Waals surface area (Å²) >= 11 is 0. The molecule has 6 heteroatoms. The Labute approximate surface area is 139 Å². The number of carbonyl (C=O) groups is 1. The van der Waals surface area contributed by atoms with Gasteiger partial charge in [-0.15, -0.1) is 0 Å². The lowest BCUT2D eigenvalue weighted by Crippen LogP contribution is -2.51. The molecule has 1 saturated heterocycles. The maximum atomic E-state index is 13.0. The van der Waals surface area contributed by atoms with E-state index in [0.717, 1.165) is 38.8 Å². The zero-order valence-electron chi connectivity index (χ0n) is 13.9. The molecule has 0 radical (unpaired) electrons. The first kappa shape index (κ1) is 17.8. The van der Waals surface area contributed by atoms with Crippen molar-refractivity contribution in [1.82, 2.24) is 4.90 Å². The van der Waals surface area contributed by atoms with E-state index in [4.69, 9.17) is 0 Å². The summed E-state index contributed by atoms with van der Waals surface area (Å²) in [6.45, 7) is 3.31. The fourth-order valence-electron chi connectivity index (χ4n) is 3.12. The zero-order chi connectivity index (χ0) is 16.9. The van der Waals surface area contributed by atoms with Crippen molar-refractivity contribution in [1.29, 1.82) is 0 Å². The predicted molar refractivity (Wildman–Crippen MR) is 92.9 cm³/mol. The van der Waals surface area contributed by atoms with Gasteiger partial charge in [-0.1, -0.05) is 38.0 Å². The lowest BCUT2D eigenvalue weighted by molar-refractivity contribution is -0.132. The molecule has 1 aliphatic heterocycles. The van der Waals surface area contributed by atoms with Gasteiger partial charge in [0.1, 0.15) is 6.04 Å². The molecule has 1 aliphatic rings. The van der Waals surface area contributed by atoms with Crippen LogP contribution in [0.5, 0.6) is 0 Å². The molecule has 1 atom stereocenters. The Morgan fingerprint density at radius 2 is 1.70 bits per heavy atom. The third-order valence-corrected chi connectivity index (χ3v) is 5.42. The molecule has 0 aromatic heterocycles. The van der Waals surface area contributed by atoms with Crippen molar-refractivity contribution in [2.24, 2.45) is 0 Å². The fourth-order valence-corrected chi connectivity index (χ4v) is 4.33. The van der Waals surface area contributed by atoms with Crippen molar-refractivity contribution in [2.75, 3.05) is 23.7 Å². The standard InChI is InChI=1S/C17H26N2O3S/c1-3-16(17(20)18-13-9-4-5-10-14-18)19(23(2,21)22)15-11-7-6-8-12-15/h6-8,11-12,16H,3-5,9-10,13-14H2,1-2H3. The Bertz CT molecular complexity index is 608. The third-order valence-electron chi connectivity index (χ3n) is 4.24. The molecule has 1 fully saturated rings. The zero-order valence-corrected chi connectivity index (χ0v) is 14.8. The highest BCUT2D eigenvalue weighted by atomic mass is 32.2. The molecule has 23 heavy (non-hydrogen) atoms. The molecule has 128 valence electrons. The summed E-state index contributed by atoms with van der Waals surface area (Å²) in [5, 5.41) is 0. The van der Waals surface area contributed by atoms with Gasteiger partial charge in [-0.25, -0.2) is 8.42 Å². The van der Waals surface area contributed by atoms with Gasteiger partial charge in [-0.05, 0) is 31.4 Å². The van der Waals surface area contributed by atoms with Gasteiger partial charge in [0.2, 0.25) is 15.9 Å². The van der Waals surface area contributed by atoms with Crippen LogP contribution in [0, 0.1) is 0 Å². The number of para-hydroxylation sites is 1. The molecule has 0 spiro atoms. The second kappa shape index (κ2) is 7.81. The van der Waals surface area contributed by atoms with Crippen LogP contribution in [0.4, 0.5) is 5.69 Å². The summed E-state index contributed by atoms with van der Waals surface area (Å²) in [5.74, 6) is -0.0799. The van der Waals surface area contributed by atoms with E-state index in [9.17, 15) is 13.2 Å². The number of amides is 1. The van der Waals surface area contributed by atoms with E-state index < -0.39 is 16.1 Å². The number of anilines is 1. The molecule has 1 heterocycles. The summed E-state index contributed by atoms with van der Waals surface area (Å²) < 4.78 is 26.0. The first-order valence-electron chi connectivity index (χ1n) is 8.28. The summed E-state index contributed by atoms with van der Waals surface area (Å²) in [4.78, 5) is 14.8. The smallest absolute Gasteiger partial charge is 0.246 e. The van der Waals surface area contributed by atoms with Crippen molar-refractivity contribution < 1.29 is 13.2 Å². The molecule has 5 nitrogen and oxygen atoms in total. The highest BCUT2D eigenvalue weighted by Crippen LogP contribution is 2.24. The first-order valence-corrected chi connectivity index (χ1v) is 10.1. The van der Waals surface area contributed by atoms with E-state index in [1.165, 1.54) is 10.6 Å². The number of hydrogen-bond acceptors (Lipinski definition) is 3. The monoisotopic (exact) mass is 338 g/mol. The van der Waals surface area contributed by atoms with Crippen LogP contribution < -0.4 is 4.31 Å². The minimum absolute atomic E-state index is 0.0799. The minimum atomic E-state index is -3.54. The molecule has 0 bridgehead atoms. The SMILES string of the molecule is CCC(C(=O)N1CCCCCC1)N(c1ccccc1)S(C)(=O)=O. The quantitative estimate of drug-likeness (QED) is 0.829. The van der Waals surface area contributed by atoms with Crippen molar-refractivity contribution in [3.05, 3.63) is 30.3 Å². The van der Waals surface area contributed by atoms with Gasteiger partial charge in [-0.2, -0.15) is 0 Å². The number of hydrogen-bond donors (Lipinski definition) is 0. The molecule has 2 rings (SSSR count). The van der Waals surface area contributed by atoms with Gasteiger partial charge in [0.25, 0.3) is 0 Å². The van der Waals surface area contributed by atoms with Crippen molar-refractivity contribution in [3.63, 3.8) is 0 Å². The van der Waals surface area contributed by atoms with E-state index in [1.54, 1.807) is 24.3 Å². The summed E-state index contributed by atoms with van der Waals surface area (Å²) in [6, 6.07) is 8.21. The number of likely N-dealkylation sites (tertiary alicyclic amines) is 1. The van der Waals surface area contributed by atoms with E-state index in [-0.39, 0.29) is 5.91 Å². The van der Waals surface area contributed by atoms with Crippen LogP contribution in [0.1, 0.15) is 39.0 Å². The fraction of sp³-hybridized carbons (Fsp3) is 0.588. The van der Waals surface area contributed by atoms with Gasteiger partial charge < -0.3 is 4.90 Å². The second-order valence-electron chi connectivity index (χ2n) is 6.06. The molecule has 0 saturated carbocycles. The summed E-state index contributed by atoms with van der Waals surface area (Å²) in [6.07, 6.45) is 5.87. The largest absolute Gasteiger partial charge is 0.341 e. The molecular formula is C17H26N2O3S. The van der Waals surface area contributed by atoms with Crippen LogP contribution >= 0.6 is 0 Å².